The van der Waals surface area contributed by atoms with Gasteiger partial charge in [0.2, 0.25) is 0 Å². The number of hydrogen-bond acceptors (Lipinski definition) is 1. The maximum atomic E-state index is 13.3. The van der Waals surface area contributed by atoms with E-state index in [2.05, 4.69) is 15.9 Å². The van der Waals surface area contributed by atoms with E-state index in [4.69, 9.17) is 0 Å². The van der Waals surface area contributed by atoms with Crippen LogP contribution in [0.2, 0.25) is 0 Å². The minimum absolute atomic E-state index is 0.0684. The Hall–Kier alpha value is -0.700. The molecule has 0 fully saturated rings. The molecular weight excluding hydrogens is 247 g/mol. The molecule has 0 spiro atoms. The van der Waals surface area contributed by atoms with Crippen LogP contribution in [0.3, 0.4) is 0 Å². The van der Waals surface area contributed by atoms with Crippen molar-refractivity contribution < 1.29 is 9.18 Å². The van der Waals surface area contributed by atoms with Gasteiger partial charge in [0, 0.05) is 10.9 Å². The molecule has 0 aromatic heterocycles. The lowest BCUT2D eigenvalue weighted by Gasteiger charge is -2.10. The Bertz CT molecular complexity index is 326. The van der Waals surface area contributed by atoms with Gasteiger partial charge in [0.1, 0.15) is 12.1 Å². The molecule has 0 aliphatic carbocycles. The van der Waals surface area contributed by atoms with Crippen LogP contribution in [0.5, 0.6) is 0 Å². The summed E-state index contributed by atoms with van der Waals surface area (Å²) in [5.74, 6) is -0.161. The maximum Gasteiger partial charge on any atom is 0.127 e. The maximum absolute atomic E-state index is 13.3. The second kappa shape index (κ2) is 4.69. The van der Waals surface area contributed by atoms with E-state index in [9.17, 15) is 9.18 Å². The van der Waals surface area contributed by atoms with E-state index in [0.717, 1.165) is 16.3 Å². The van der Waals surface area contributed by atoms with Gasteiger partial charge in [-0.05, 0) is 36.1 Å². The smallest absolute Gasteiger partial charge is 0.127 e. The molecule has 14 heavy (non-hydrogen) atoms. The second-order valence-electron chi connectivity index (χ2n) is 3.41. The Morgan fingerprint density at radius 1 is 1.57 bits per heavy atom. The van der Waals surface area contributed by atoms with Crippen LogP contribution < -0.4 is 0 Å². The predicted molar refractivity (Wildman–Crippen MR) is 57.9 cm³/mol. The second-order valence-corrected chi connectivity index (χ2v) is 4.27. The van der Waals surface area contributed by atoms with Gasteiger partial charge in [0.05, 0.1) is 0 Å². The van der Waals surface area contributed by atoms with Crippen LogP contribution in [-0.2, 0) is 4.79 Å². The fourth-order valence-electron chi connectivity index (χ4n) is 1.23. The van der Waals surface area contributed by atoms with Gasteiger partial charge in [-0.3, -0.25) is 0 Å². The van der Waals surface area contributed by atoms with Crippen LogP contribution >= 0.6 is 15.9 Å². The third kappa shape index (κ3) is 2.41. The number of benzene rings is 1. The van der Waals surface area contributed by atoms with Gasteiger partial charge < -0.3 is 4.79 Å². The molecule has 1 nitrogen and oxygen atoms in total. The normalized spacial score (nSPS) is 12.6. The largest absolute Gasteiger partial charge is 0.303 e. The molecule has 1 atom stereocenters. The van der Waals surface area contributed by atoms with E-state index in [1.54, 1.807) is 6.92 Å². The van der Waals surface area contributed by atoms with Crippen LogP contribution in [0.15, 0.2) is 16.6 Å². The van der Waals surface area contributed by atoms with Gasteiger partial charge in [-0.25, -0.2) is 4.39 Å². The van der Waals surface area contributed by atoms with Crippen molar-refractivity contribution >= 4 is 22.2 Å². The van der Waals surface area contributed by atoms with Crippen LogP contribution in [0.1, 0.15) is 30.4 Å². The number of aldehydes is 1. The minimum Gasteiger partial charge on any atom is -0.303 e. The quantitative estimate of drug-likeness (QED) is 0.758. The first-order valence-electron chi connectivity index (χ1n) is 4.45. The summed E-state index contributed by atoms with van der Waals surface area (Å²) in [5.41, 5.74) is 1.46. The number of carbonyl (C=O) groups excluding carboxylic acids is 1. The van der Waals surface area contributed by atoms with Crippen LogP contribution in [0.25, 0.3) is 0 Å². The third-order valence-electron chi connectivity index (χ3n) is 2.32. The van der Waals surface area contributed by atoms with Crippen LogP contribution in [0, 0.1) is 12.7 Å². The van der Waals surface area contributed by atoms with Crippen molar-refractivity contribution in [3.63, 3.8) is 0 Å². The summed E-state index contributed by atoms with van der Waals surface area (Å²) in [7, 11) is 0. The van der Waals surface area contributed by atoms with E-state index < -0.39 is 0 Å². The first-order chi connectivity index (χ1) is 6.56. The molecule has 1 rings (SSSR count). The van der Waals surface area contributed by atoms with Crippen molar-refractivity contribution in [1.29, 1.82) is 0 Å². The molecule has 0 N–H and O–H groups in total. The predicted octanol–water partition coefficient (Wildman–Crippen LogP) is 3.59. The number of halogens is 2. The third-order valence-corrected chi connectivity index (χ3v) is 3.15. The molecule has 1 unspecified atom stereocenters. The van der Waals surface area contributed by atoms with Crippen molar-refractivity contribution in [1.82, 2.24) is 0 Å². The zero-order chi connectivity index (χ0) is 10.7. The molecule has 0 bridgehead atoms. The summed E-state index contributed by atoms with van der Waals surface area (Å²) in [6.07, 6.45) is 1.28. The fourth-order valence-corrected chi connectivity index (χ4v) is 1.68. The highest BCUT2D eigenvalue weighted by Crippen LogP contribution is 2.26. The molecule has 1 aromatic carbocycles. The molecule has 0 radical (unpaired) electrons. The topological polar surface area (TPSA) is 17.1 Å². The molecule has 3 heteroatoms. The fraction of sp³-hybridized carbons (Fsp3) is 0.364. The SMILES string of the molecule is Cc1c(F)cc(C(C)CC=O)cc1Br. The Labute approximate surface area is 91.5 Å². The van der Waals surface area contributed by atoms with Crippen molar-refractivity contribution in [3.8, 4) is 0 Å². The molecule has 0 amide bonds. The van der Waals surface area contributed by atoms with Crippen LogP contribution in [0.4, 0.5) is 4.39 Å². The minimum atomic E-state index is -0.230. The van der Waals surface area contributed by atoms with Gasteiger partial charge in [-0.1, -0.05) is 22.9 Å². The van der Waals surface area contributed by atoms with E-state index in [1.807, 2.05) is 13.0 Å². The highest BCUT2D eigenvalue weighted by Gasteiger charge is 2.10. The van der Waals surface area contributed by atoms with E-state index in [-0.39, 0.29) is 11.7 Å². The molecule has 0 heterocycles. The Kier molecular flexibility index (Phi) is 3.81. The summed E-state index contributed by atoms with van der Waals surface area (Å²) in [6.45, 7) is 3.62. The lowest BCUT2D eigenvalue weighted by molar-refractivity contribution is -0.108. The number of hydrogen-bond donors (Lipinski definition) is 0. The van der Waals surface area contributed by atoms with Crippen LogP contribution in [-0.4, -0.2) is 6.29 Å². The average molecular weight is 259 g/mol. The monoisotopic (exact) mass is 258 g/mol. The summed E-state index contributed by atoms with van der Waals surface area (Å²) in [5, 5.41) is 0. The molecule has 76 valence electrons. The summed E-state index contributed by atoms with van der Waals surface area (Å²) < 4.78 is 14.1. The van der Waals surface area contributed by atoms with E-state index >= 15 is 0 Å². The van der Waals surface area contributed by atoms with E-state index in [0.29, 0.717) is 12.0 Å². The lowest BCUT2D eigenvalue weighted by Crippen LogP contribution is -1.97. The Morgan fingerprint density at radius 2 is 2.21 bits per heavy atom. The molecule has 0 aliphatic rings. The lowest BCUT2D eigenvalue weighted by atomic mass is 9.97. The number of rotatable bonds is 3. The molecule has 0 saturated heterocycles. The summed E-state index contributed by atoms with van der Waals surface area (Å²) in [4.78, 5) is 10.3. The van der Waals surface area contributed by atoms with Crippen molar-refractivity contribution in [3.05, 3.63) is 33.5 Å². The Balaban J connectivity index is 3.05. The van der Waals surface area contributed by atoms with Gasteiger partial charge in [0.25, 0.3) is 0 Å². The first-order valence-corrected chi connectivity index (χ1v) is 5.24. The van der Waals surface area contributed by atoms with Gasteiger partial charge in [-0.2, -0.15) is 0 Å². The molecule has 0 saturated carbocycles. The average Bonchev–Trinajstić information content (AvgIpc) is 2.13. The molecule has 1 aromatic rings. The summed E-state index contributed by atoms with van der Waals surface area (Å²) >= 11 is 3.29. The van der Waals surface area contributed by atoms with Gasteiger partial charge >= 0.3 is 0 Å². The van der Waals surface area contributed by atoms with E-state index in [1.165, 1.54) is 6.07 Å². The highest BCUT2D eigenvalue weighted by molar-refractivity contribution is 9.10. The number of carbonyl (C=O) groups is 1. The highest BCUT2D eigenvalue weighted by atomic mass is 79.9. The molecule has 0 aliphatic heterocycles. The van der Waals surface area contributed by atoms with Gasteiger partial charge in [-0.15, -0.1) is 0 Å². The standard InChI is InChI=1S/C11H12BrFO/c1-7(3-4-14)9-5-10(12)8(2)11(13)6-9/h4-7H,3H2,1-2H3. The zero-order valence-corrected chi connectivity index (χ0v) is 9.77. The van der Waals surface area contributed by atoms with Crippen molar-refractivity contribution in [2.45, 2.75) is 26.2 Å². The van der Waals surface area contributed by atoms with Crippen molar-refractivity contribution in [2.75, 3.05) is 0 Å². The molecular formula is C11H12BrFO. The van der Waals surface area contributed by atoms with Crippen molar-refractivity contribution in [2.24, 2.45) is 0 Å². The zero-order valence-electron chi connectivity index (χ0n) is 8.18. The first kappa shape index (κ1) is 11.4. The van der Waals surface area contributed by atoms with Gasteiger partial charge in [0.15, 0.2) is 0 Å². The Morgan fingerprint density at radius 3 is 2.71 bits per heavy atom. The summed E-state index contributed by atoms with van der Waals surface area (Å²) in [6, 6.07) is 3.36.